The fourth-order valence-electron chi connectivity index (χ4n) is 3.19. The van der Waals surface area contributed by atoms with E-state index in [2.05, 4.69) is 46.8 Å². The molecule has 0 spiro atoms. The van der Waals surface area contributed by atoms with Gasteiger partial charge in [-0.15, -0.1) is 0 Å². The number of hydrogen-bond donors (Lipinski definition) is 0. The molecule has 1 aromatic carbocycles. The van der Waals surface area contributed by atoms with Crippen LogP contribution in [0.2, 0.25) is 0 Å². The summed E-state index contributed by atoms with van der Waals surface area (Å²) < 4.78 is 14.6. The molecule has 1 heteroatoms. The Balaban J connectivity index is 2.82. The molecule has 0 nitrogen and oxygen atoms in total. The quantitative estimate of drug-likeness (QED) is 0.311. The fourth-order valence-corrected chi connectivity index (χ4v) is 3.19. The van der Waals surface area contributed by atoms with Crippen LogP contribution in [0, 0.1) is 11.7 Å². The summed E-state index contributed by atoms with van der Waals surface area (Å²) in [5.41, 5.74) is 3.36. The van der Waals surface area contributed by atoms with Crippen molar-refractivity contribution in [3.63, 3.8) is 0 Å². The van der Waals surface area contributed by atoms with E-state index in [0.29, 0.717) is 5.92 Å². The highest BCUT2D eigenvalue weighted by Crippen LogP contribution is 2.30. The minimum absolute atomic E-state index is 0.0312. The highest BCUT2D eigenvalue weighted by Gasteiger charge is 2.15. The lowest BCUT2D eigenvalue weighted by Gasteiger charge is -2.19. The number of benzene rings is 1. The molecule has 0 aliphatic rings. The molecule has 0 aromatic heterocycles. The van der Waals surface area contributed by atoms with Crippen molar-refractivity contribution in [2.45, 2.75) is 85.5 Å². The predicted molar refractivity (Wildman–Crippen MR) is 100 cm³/mol. The average Bonchev–Trinajstić information content (AvgIpc) is 2.50. The standard InChI is InChI=1S/C22H35F/c1-6-8-9-10-12-19-13-14-21(22(23)16-19)18(5)20(11-7-2)15-17(3)4/h13-18H,6-12H2,1-5H3/b20-15-. The first kappa shape index (κ1) is 19.9. The smallest absolute Gasteiger partial charge is 0.127 e. The molecule has 0 saturated heterocycles. The van der Waals surface area contributed by atoms with Gasteiger partial charge in [0.2, 0.25) is 0 Å². The summed E-state index contributed by atoms with van der Waals surface area (Å²) in [6.45, 7) is 10.9. The molecule has 0 fully saturated rings. The first-order valence-corrected chi connectivity index (χ1v) is 9.48. The zero-order valence-electron chi connectivity index (χ0n) is 15.8. The molecule has 130 valence electrons. The second-order valence-electron chi connectivity index (χ2n) is 7.12. The van der Waals surface area contributed by atoms with E-state index in [1.165, 1.54) is 24.8 Å². The van der Waals surface area contributed by atoms with Gasteiger partial charge in [0.1, 0.15) is 5.82 Å². The molecule has 0 heterocycles. The van der Waals surface area contributed by atoms with Crippen LogP contribution in [-0.2, 0) is 6.42 Å². The largest absolute Gasteiger partial charge is 0.207 e. The Labute approximate surface area is 143 Å². The van der Waals surface area contributed by atoms with Gasteiger partial charge < -0.3 is 0 Å². The molecule has 0 N–H and O–H groups in total. The van der Waals surface area contributed by atoms with Crippen LogP contribution in [0.1, 0.15) is 90.2 Å². The second kappa shape index (κ2) is 10.6. The Hall–Kier alpha value is -1.11. The Morgan fingerprint density at radius 3 is 2.35 bits per heavy atom. The monoisotopic (exact) mass is 318 g/mol. The maximum atomic E-state index is 14.6. The maximum Gasteiger partial charge on any atom is 0.127 e. The first-order chi connectivity index (χ1) is 11.0. The normalized spacial score (nSPS) is 13.6. The van der Waals surface area contributed by atoms with Crippen LogP contribution < -0.4 is 0 Å². The van der Waals surface area contributed by atoms with Crippen LogP contribution in [0.3, 0.4) is 0 Å². The van der Waals surface area contributed by atoms with Gasteiger partial charge in [-0.1, -0.05) is 84.1 Å². The van der Waals surface area contributed by atoms with E-state index in [1.807, 2.05) is 6.07 Å². The van der Waals surface area contributed by atoms with Gasteiger partial charge in [-0.25, -0.2) is 4.39 Å². The van der Waals surface area contributed by atoms with Gasteiger partial charge in [0.05, 0.1) is 0 Å². The highest BCUT2D eigenvalue weighted by molar-refractivity contribution is 5.32. The topological polar surface area (TPSA) is 0 Å². The van der Waals surface area contributed by atoms with Crippen molar-refractivity contribution in [2.75, 3.05) is 0 Å². The van der Waals surface area contributed by atoms with E-state index in [4.69, 9.17) is 0 Å². The van der Waals surface area contributed by atoms with Crippen molar-refractivity contribution < 1.29 is 4.39 Å². The maximum absolute atomic E-state index is 14.6. The summed E-state index contributed by atoms with van der Waals surface area (Å²) in [5.74, 6) is 0.655. The summed E-state index contributed by atoms with van der Waals surface area (Å²) in [7, 11) is 0. The minimum atomic E-state index is -0.0312. The molecule has 23 heavy (non-hydrogen) atoms. The summed E-state index contributed by atoms with van der Waals surface area (Å²) in [6, 6.07) is 5.90. The molecular formula is C22H35F. The molecular weight excluding hydrogens is 283 g/mol. The van der Waals surface area contributed by atoms with Crippen molar-refractivity contribution in [1.29, 1.82) is 0 Å². The van der Waals surface area contributed by atoms with E-state index in [-0.39, 0.29) is 11.7 Å². The van der Waals surface area contributed by atoms with E-state index < -0.39 is 0 Å². The number of hydrogen-bond acceptors (Lipinski definition) is 0. The predicted octanol–water partition coefficient (Wildman–Crippen LogP) is 7.43. The van der Waals surface area contributed by atoms with Crippen molar-refractivity contribution in [3.8, 4) is 0 Å². The molecule has 1 atom stereocenters. The molecule has 1 rings (SSSR count). The van der Waals surface area contributed by atoms with Gasteiger partial charge in [-0.05, 0) is 42.4 Å². The van der Waals surface area contributed by atoms with Crippen molar-refractivity contribution in [3.05, 3.63) is 46.8 Å². The van der Waals surface area contributed by atoms with Gasteiger partial charge in [0, 0.05) is 5.92 Å². The van der Waals surface area contributed by atoms with Gasteiger partial charge in [-0.3, -0.25) is 0 Å². The number of allylic oxidation sites excluding steroid dienone is 2. The molecule has 0 aliphatic heterocycles. The van der Waals surface area contributed by atoms with E-state index >= 15 is 0 Å². The average molecular weight is 319 g/mol. The minimum Gasteiger partial charge on any atom is -0.207 e. The van der Waals surface area contributed by atoms with Crippen LogP contribution in [0.5, 0.6) is 0 Å². The fraction of sp³-hybridized carbons (Fsp3) is 0.636. The second-order valence-corrected chi connectivity index (χ2v) is 7.12. The van der Waals surface area contributed by atoms with Crippen LogP contribution in [-0.4, -0.2) is 0 Å². The van der Waals surface area contributed by atoms with Gasteiger partial charge in [0.25, 0.3) is 0 Å². The SMILES string of the molecule is CCCCCCc1ccc(C(C)/C(=C\C(C)C)CCC)c(F)c1. The summed E-state index contributed by atoms with van der Waals surface area (Å²) >= 11 is 0. The van der Waals surface area contributed by atoms with Crippen molar-refractivity contribution in [1.82, 2.24) is 0 Å². The van der Waals surface area contributed by atoms with Gasteiger partial charge in [0.15, 0.2) is 0 Å². The molecule has 0 saturated carbocycles. The number of unbranched alkanes of at least 4 members (excludes halogenated alkanes) is 3. The summed E-state index contributed by atoms with van der Waals surface area (Å²) in [4.78, 5) is 0. The Morgan fingerprint density at radius 1 is 1.04 bits per heavy atom. The summed E-state index contributed by atoms with van der Waals surface area (Å²) in [6.07, 6.45) is 10.4. The zero-order chi connectivity index (χ0) is 17.2. The zero-order valence-corrected chi connectivity index (χ0v) is 15.8. The molecule has 1 aromatic rings. The van der Waals surface area contributed by atoms with Crippen LogP contribution in [0.15, 0.2) is 29.8 Å². The van der Waals surface area contributed by atoms with E-state index in [1.54, 1.807) is 6.07 Å². The van der Waals surface area contributed by atoms with Crippen LogP contribution in [0.4, 0.5) is 4.39 Å². The first-order valence-electron chi connectivity index (χ1n) is 9.48. The molecule has 0 bridgehead atoms. The lowest BCUT2D eigenvalue weighted by molar-refractivity contribution is 0.591. The van der Waals surface area contributed by atoms with Gasteiger partial charge >= 0.3 is 0 Å². The number of aryl methyl sites for hydroxylation is 1. The number of halogens is 1. The number of rotatable bonds is 10. The summed E-state index contributed by atoms with van der Waals surface area (Å²) in [5, 5.41) is 0. The Morgan fingerprint density at radius 2 is 1.78 bits per heavy atom. The van der Waals surface area contributed by atoms with Crippen LogP contribution in [0.25, 0.3) is 0 Å². The molecule has 0 aliphatic carbocycles. The Kier molecular flexibility index (Phi) is 9.21. The Bertz CT molecular complexity index is 485. The third-order valence-corrected chi connectivity index (χ3v) is 4.49. The van der Waals surface area contributed by atoms with Crippen LogP contribution >= 0.6 is 0 Å². The van der Waals surface area contributed by atoms with E-state index in [0.717, 1.165) is 36.8 Å². The lowest BCUT2D eigenvalue weighted by Crippen LogP contribution is -2.04. The van der Waals surface area contributed by atoms with Crippen molar-refractivity contribution >= 4 is 0 Å². The molecule has 0 radical (unpaired) electrons. The van der Waals surface area contributed by atoms with Gasteiger partial charge in [-0.2, -0.15) is 0 Å². The third-order valence-electron chi connectivity index (χ3n) is 4.49. The van der Waals surface area contributed by atoms with Crippen molar-refractivity contribution in [2.24, 2.45) is 5.92 Å². The third kappa shape index (κ3) is 6.89. The lowest BCUT2D eigenvalue weighted by atomic mass is 9.87. The highest BCUT2D eigenvalue weighted by atomic mass is 19.1. The van der Waals surface area contributed by atoms with E-state index in [9.17, 15) is 4.39 Å². The molecule has 0 amide bonds. The molecule has 1 unspecified atom stereocenters.